The Morgan fingerprint density at radius 3 is 2.68 bits per heavy atom. The highest BCUT2D eigenvalue weighted by molar-refractivity contribution is 6.30. The highest BCUT2D eigenvalue weighted by atomic mass is 35.5. The van der Waals surface area contributed by atoms with E-state index in [1.165, 1.54) is 35.0 Å². The Bertz CT molecular complexity index is 1010. The minimum atomic E-state index is -0.981. The Hall–Kier alpha value is -2.46. The number of nitrogens with one attached hydrogen (secondary N) is 2. The quantitative estimate of drug-likeness (QED) is 0.624. The summed E-state index contributed by atoms with van der Waals surface area (Å²) in [7, 11) is 0. The van der Waals surface area contributed by atoms with Gasteiger partial charge in [0.05, 0.1) is 0 Å². The molecule has 3 aromatic rings. The van der Waals surface area contributed by atoms with Crippen molar-refractivity contribution in [3.05, 3.63) is 64.3 Å². The largest absolute Gasteiger partial charge is 0.478 e. The van der Waals surface area contributed by atoms with E-state index < -0.39 is 5.60 Å². The van der Waals surface area contributed by atoms with Crippen LogP contribution in [0.15, 0.2) is 42.5 Å². The zero-order valence-corrected chi connectivity index (χ0v) is 17.0. The number of aromatic nitrogens is 1. The molecule has 1 aliphatic rings. The normalized spacial score (nSPS) is 14.0. The molecular formula is C23H25ClN2O2. The van der Waals surface area contributed by atoms with E-state index in [1.807, 2.05) is 0 Å². The van der Waals surface area contributed by atoms with E-state index in [0.29, 0.717) is 17.3 Å². The molecule has 0 fully saturated rings. The molecule has 1 aliphatic carbocycles. The first-order valence-corrected chi connectivity index (χ1v) is 10.2. The Morgan fingerprint density at radius 1 is 1.14 bits per heavy atom. The molecule has 0 radical (unpaired) electrons. The van der Waals surface area contributed by atoms with E-state index in [9.17, 15) is 4.79 Å². The molecule has 1 amide bonds. The Labute approximate surface area is 170 Å². The molecule has 0 atom stereocenters. The van der Waals surface area contributed by atoms with Gasteiger partial charge in [-0.3, -0.25) is 4.79 Å². The molecule has 146 valence electrons. The SMILES string of the molecule is CC(C)(Oc1ccc(Cl)cc1)C(=O)NCc1ccc2[nH]c3c(c2c1)CCCC3. The zero-order valence-electron chi connectivity index (χ0n) is 16.3. The number of aromatic amines is 1. The number of carbonyl (C=O) groups is 1. The number of carbonyl (C=O) groups excluding carboxylic acids is 1. The van der Waals surface area contributed by atoms with E-state index in [-0.39, 0.29) is 5.91 Å². The van der Waals surface area contributed by atoms with Crippen molar-refractivity contribution >= 4 is 28.4 Å². The Morgan fingerprint density at radius 2 is 1.89 bits per heavy atom. The van der Waals surface area contributed by atoms with Gasteiger partial charge in [-0.05, 0) is 87.1 Å². The van der Waals surface area contributed by atoms with Gasteiger partial charge in [-0.1, -0.05) is 17.7 Å². The molecule has 28 heavy (non-hydrogen) atoms. The van der Waals surface area contributed by atoms with E-state index in [4.69, 9.17) is 16.3 Å². The highest BCUT2D eigenvalue weighted by Crippen LogP contribution is 2.29. The molecule has 0 saturated carbocycles. The summed E-state index contributed by atoms with van der Waals surface area (Å²) in [4.78, 5) is 16.2. The van der Waals surface area contributed by atoms with Crippen LogP contribution < -0.4 is 10.1 Å². The van der Waals surface area contributed by atoms with E-state index in [1.54, 1.807) is 38.1 Å². The van der Waals surface area contributed by atoms with E-state index in [0.717, 1.165) is 18.4 Å². The average molecular weight is 397 g/mol. The van der Waals surface area contributed by atoms with Crippen LogP contribution in [0.3, 0.4) is 0 Å². The second-order valence-electron chi connectivity index (χ2n) is 7.92. The summed E-state index contributed by atoms with van der Waals surface area (Å²) in [6.45, 7) is 4.01. The first kappa shape index (κ1) is 18.9. The number of hydrogen-bond donors (Lipinski definition) is 2. The van der Waals surface area contributed by atoms with Crippen molar-refractivity contribution < 1.29 is 9.53 Å². The fourth-order valence-corrected chi connectivity index (χ4v) is 3.93. The van der Waals surface area contributed by atoms with Crippen molar-refractivity contribution in [1.82, 2.24) is 10.3 Å². The third-order valence-corrected chi connectivity index (χ3v) is 5.60. The number of halogens is 1. The predicted molar refractivity (Wildman–Crippen MR) is 113 cm³/mol. The maximum atomic E-state index is 12.7. The van der Waals surface area contributed by atoms with E-state index in [2.05, 4.69) is 28.5 Å². The van der Waals surface area contributed by atoms with Crippen LogP contribution in [0.5, 0.6) is 5.75 Å². The summed E-state index contributed by atoms with van der Waals surface area (Å²) in [6.07, 6.45) is 4.77. The van der Waals surface area contributed by atoms with Crippen molar-refractivity contribution in [2.75, 3.05) is 0 Å². The van der Waals surface area contributed by atoms with Crippen LogP contribution in [-0.4, -0.2) is 16.5 Å². The van der Waals surface area contributed by atoms with Gasteiger partial charge in [0, 0.05) is 28.2 Å². The van der Waals surface area contributed by atoms with Crippen LogP contribution in [0.25, 0.3) is 10.9 Å². The maximum absolute atomic E-state index is 12.7. The van der Waals surface area contributed by atoms with Crippen molar-refractivity contribution in [2.45, 2.75) is 51.7 Å². The molecule has 2 N–H and O–H groups in total. The minimum absolute atomic E-state index is 0.154. The number of benzene rings is 2. The molecule has 0 aliphatic heterocycles. The number of aryl methyl sites for hydroxylation is 2. The molecule has 4 rings (SSSR count). The average Bonchev–Trinajstić information content (AvgIpc) is 3.05. The topological polar surface area (TPSA) is 54.1 Å². The zero-order chi connectivity index (χ0) is 19.7. The van der Waals surface area contributed by atoms with Crippen molar-refractivity contribution in [3.63, 3.8) is 0 Å². The number of amides is 1. The lowest BCUT2D eigenvalue weighted by atomic mass is 9.95. The first-order valence-electron chi connectivity index (χ1n) is 9.77. The Balaban J connectivity index is 1.44. The summed E-state index contributed by atoms with van der Waals surface area (Å²) in [5.41, 5.74) is 4.12. The molecule has 0 bridgehead atoms. The van der Waals surface area contributed by atoms with Crippen LogP contribution in [0.2, 0.25) is 5.02 Å². The van der Waals surface area contributed by atoms with Crippen molar-refractivity contribution in [3.8, 4) is 5.75 Å². The van der Waals surface area contributed by atoms with Gasteiger partial charge in [0.1, 0.15) is 5.75 Å². The Kier molecular flexibility index (Phi) is 5.07. The number of H-pyrrole nitrogens is 1. The summed E-state index contributed by atoms with van der Waals surface area (Å²) in [6, 6.07) is 13.4. The number of ether oxygens (including phenoxy) is 1. The lowest BCUT2D eigenvalue weighted by molar-refractivity contribution is -0.134. The molecule has 0 spiro atoms. The third-order valence-electron chi connectivity index (χ3n) is 5.35. The minimum Gasteiger partial charge on any atom is -0.478 e. The van der Waals surface area contributed by atoms with Gasteiger partial charge in [-0.2, -0.15) is 0 Å². The van der Waals surface area contributed by atoms with Crippen LogP contribution in [0.4, 0.5) is 0 Å². The number of rotatable bonds is 5. The van der Waals surface area contributed by atoms with Gasteiger partial charge in [0.2, 0.25) is 0 Å². The molecule has 4 nitrogen and oxygen atoms in total. The third kappa shape index (κ3) is 3.88. The second kappa shape index (κ2) is 7.51. The monoisotopic (exact) mass is 396 g/mol. The molecule has 0 saturated heterocycles. The molecule has 0 unspecified atom stereocenters. The van der Waals surface area contributed by atoms with Gasteiger partial charge in [0.25, 0.3) is 5.91 Å². The summed E-state index contributed by atoms with van der Waals surface area (Å²) in [5, 5.41) is 4.93. The molecular weight excluding hydrogens is 372 g/mol. The molecule has 1 aromatic heterocycles. The molecule has 1 heterocycles. The number of hydrogen-bond acceptors (Lipinski definition) is 2. The van der Waals surface area contributed by atoms with Gasteiger partial charge in [0.15, 0.2) is 5.60 Å². The van der Waals surface area contributed by atoms with Gasteiger partial charge in [-0.15, -0.1) is 0 Å². The van der Waals surface area contributed by atoms with Gasteiger partial charge >= 0.3 is 0 Å². The fourth-order valence-electron chi connectivity index (χ4n) is 3.80. The lowest BCUT2D eigenvalue weighted by Gasteiger charge is -2.25. The van der Waals surface area contributed by atoms with Crippen LogP contribution in [0.1, 0.15) is 43.5 Å². The summed E-state index contributed by atoms with van der Waals surface area (Å²) < 4.78 is 5.86. The van der Waals surface area contributed by atoms with Crippen molar-refractivity contribution in [1.29, 1.82) is 0 Å². The van der Waals surface area contributed by atoms with Gasteiger partial charge in [-0.25, -0.2) is 0 Å². The van der Waals surface area contributed by atoms with Crippen LogP contribution >= 0.6 is 11.6 Å². The highest BCUT2D eigenvalue weighted by Gasteiger charge is 2.29. The van der Waals surface area contributed by atoms with Crippen LogP contribution in [0, 0.1) is 0 Å². The summed E-state index contributed by atoms with van der Waals surface area (Å²) >= 11 is 5.90. The van der Waals surface area contributed by atoms with Crippen molar-refractivity contribution in [2.24, 2.45) is 0 Å². The second-order valence-corrected chi connectivity index (χ2v) is 8.35. The molecule has 5 heteroatoms. The van der Waals surface area contributed by atoms with Gasteiger partial charge < -0.3 is 15.0 Å². The standard InChI is InChI=1S/C23H25ClN2O2/c1-23(2,28-17-10-8-16(24)9-11-17)22(27)25-14-15-7-12-21-19(13-15)18-5-3-4-6-20(18)26-21/h7-13,26H,3-6,14H2,1-2H3,(H,25,27). The lowest BCUT2D eigenvalue weighted by Crippen LogP contribution is -2.46. The maximum Gasteiger partial charge on any atom is 0.263 e. The van der Waals surface area contributed by atoms with Crippen LogP contribution in [-0.2, 0) is 24.2 Å². The molecule has 2 aromatic carbocycles. The van der Waals surface area contributed by atoms with E-state index >= 15 is 0 Å². The smallest absolute Gasteiger partial charge is 0.263 e. The first-order chi connectivity index (χ1) is 13.4. The number of fused-ring (bicyclic) bond motifs is 3. The summed E-state index contributed by atoms with van der Waals surface area (Å²) in [5.74, 6) is 0.462. The predicted octanol–water partition coefficient (Wildman–Crippen LogP) is 5.17. The fraction of sp³-hybridized carbons (Fsp3) is 0.348.